The molecule has 0 N–H and O–H groups in total. The maximum absolute atomic E-state index is 8.88. The third kappa shape index (κ3) is 2.51. The lowest BCUT2D eigenvalue weighted by Crippen LogP contribution is -2.05. The third-order valence-electron chi connectivity index (χ3n) is 2.43. The Bertz CT molecular complexity index is 549. The van der Waals surface area contributed by atoms with Gasteiger partial charge in [0.15, 0.2) is 5.82 Å². The highest BCUT2D eigenvalue weighted by atomic mass is 15.3. The minimum atomic E-state index is 0.531. The van der Waals surface area contributed by atoms with Crippen LogP contribution in [0.2, 0.25) is 0 Å². The van der Waals surface area contributed by atoms with Gasteiger partial charge in [-0.1, -0.05) is 26.0 Å². The summed E-state index contributed by atoms with van der Waals surface area (Å²) in [6.45, 7) is 5.17. The van der Waals surface area contributed by atoms with Gasteiger partial charge in [-0.15, -0.1) is 10.2 Å². The summed E-state index contributed by atoms with van der Waals surface area (Å²) in [6, 6.07) is 9.56. The van der Waals surface area contributed by atoms with Crippen molar-refractivity contribution in [3.8, 4) is 17.5 Å². The van der Waals surface area contributed by atoms with Crippen LogP contribution < -0.4 is 0 Å². The minimum Gasteiger partial charge on any atom is -0.313 e. The van der Waals surface area contributed by atoms with Crippen LogP contribution in [0, 0.1) is 17.2 Å². The van der Waals surface area contributed by atoms with Gasteiger partial charge in [-0.05, 0) is 18.1 Å². The smallest absolute Gasteiger partial charge is 0.163 e. The monoisotopic (exact) mass is 226 g/mol. The van der Waals surface area contributed by atoms with E-state index < -0.39 is 0 Å². The molecule has 1 aromatic carbocycles. The van der Waals surface area contributed by atoms with E-state index in [9.17, 15) is 0 Å². The van der Waals surface area contributed by atoms with Crippen LogP contribution in [0.25, 0.3) is 11.4 Å². The maximum atomic E-state index is 8.88. The molecule has 17 heavy (non-hydrogen) atoms. The number of nitrogens with zero attached hydrogens (tertiary/aromatic N) is 4. The summed E-state index contributed by atoms with van der Waals surface area (Å²) < 4.78 is 2.02. The highest BCUT2D eigenvalue weighted by Crippen LogP contribution is 2.18. The number of benzene rings is 1. The van der Waals surface area contributed by atoms with Crippen LogP contribution >= 0.6 is 0 Å². The zero-order chi connectivity index (χ0) is 12.3. The van der Waals surface area contributed by atoms with E-state index in [0.717, 1.165) is 17.9 Å². The number of rotatable bonds is 3. The van der Waals surface area contributed by atoms with E-state index in [2.05, 4.69) is 30.1 Å². The molecule has 2 aromatic rings. The molecule has 0 saturated heterocycles. The van der Waals surface area contributed by atoms with Crippen LogP contribution in [0.3, 0.4) is 0 Å². The van der Waals surface area contributed by atoms with Crippen LogP contribution in [0.4, 0.5) is 0 Å². The van der Waals surface area contributed by atoms with Gasteiger partial charge < -0.3 is 4.57 Å². The Balaban J connectivity index is 2.39. The molecule has 1 aromatic heterocycles. The molecule has 0 radical (unpaired) electrons. The molecule has 0 amide bonds. The Morgan fingerprint density at radius 3 is 2.94 bits per heavy atom. The van der Waals surface area contributed by atoms with Gasteiger partial charge in [0.25, 0.3) is 0 Å². The zero-order valence-electron chi connectivity index (χ0n) is 9.96. The standard InChI is InChI=1S/C13H14N4/c1-10(2)8-17-9-15-16-13(17)12-5-3-4-11(6-12)7-14/h3-6,9-10H,8H2,1-2H3. The normalized spacial score (nSPS) is 10.5. The molecule has 0 aliphatic rings. The Morgan fingerprint density at radius 2 is 2.24 bits per heavy atom. The van der Waals surface area contributed by atoms with Crippen molar-refractivity contribution in [2.75, 3.05) is 0 Å². The van der Waals surface area contributed by atoms with E-state index in [1.165, 1.54) is 0 Å². The summed E-state index contributed by atoms with van der Waals surface area (Å²) in [7, 11) is 0. The molecule has 1 heterocycles. The molecule has 0 bridgehead atoms. The SMILES string of the molecule is CC(C)Cn1cnnc1-c1cccc(C#N)c1. The molecule has 0 spiro atoms. The Hall–Kier alpha value is -2.15. The van der Waals surface area contributed by atoms with Crippen LogP contribution in [0.15, 0.2) is 30.6 Å². The second kappa shape index (κ2) is 4.79. The lowest BCUT2D eigenvalue weighted by molar-refractivity contribution is 0.525. The lowest BCUT2D eigenvalue weighted by atomic mass is 10.1. The molecule has 4 heteroatoms. The average molecular weight is 226 g/mol. The van der Waals surface area contributed by atoms with Gasteiger partial charge in [-0.2, -0.15) is 5.26 Å². The molecule has 2 rings (SSSR count). The second-order valence-electron chi connectivity index (χ2n) is 4.39. The van der Waals surface area contributed by atoms with Crippen molar-refractivity contribution in [3.63, 3.8) is 0 Å². The predicted molar refractivity (Wildman–Crippen MR) is 65.0 cm³/mol. The number of nitriles is 1. The van der Waals surface area contributed by atoms with Crippen molar-refractivity contribution < 1.29 is 0 Å². The topological polar surface area (TPSA) is 54.5 Å². The molecule has 0 aliphatic heterocycles. The van der Waals surface area contributed by atoms with E-state index >= 15 is 0 Å². The van der Waals surface area contributed by atoms with E-state index in [0.29, 0.717) is 11.5 Å². The van der Waals surface area contributed by atoms with Crippen LogP contribution in [-0.4, -0.2) is 14.8 Å². The van der Waals surface area contributed by atoms with Crippen LogP contribution in [0.5, 0.6) is 0 Å². The summed E-state index contributed by atoms with van der Waals surface area (Å²) >= 11 is 0. The van der Waals surface area contributed by atoms with Crippen molar-refractivity contribution in [1.82, 2.24) is 14.8 Å². The summed E-state index contributed by atoms with van der Waals surface area (Å²) in [4.78, 5) is 0. The minimum absolute atomic E-state index is 0.531. The molecule has 4 nitrogen and oxygen atoms in total. The quantitative estimate of drug-likeness (QED) is 0.807. The summed E-state index contributed by atoms with van der Waals surface area (Å²) in [6.07, 6.45) is 1.73. The first-order chi connectivity index (χ1) is 8.20. The van der Waals surface area contributed by atoms with Gasteiger partial charge in [-0.3, -0.25) is 0 Å². The van der Waals surface area contributed by atoms with Crippen molar-refractivity contribution in [3.05, 3.63) is 36.2 Å². The molecule has 0 aliphatic carbocycles. The predicted octanol–water partition coefficient (Wildman–Crippen LogP) is 2.47. The van der Waals surface area contributed by atoms with Crippen LogP contribution in [0.1, 0.15) is 19.4 Å². The van der Waals surface area contributed by atoms with Crippen molar-refractivity contribution in [2.45, 2.75) is 20.4 Å². The van der Waals surface area contributed by atoms with Gasteiger partial charge in [0.1, 0.15) is 6.33 Å². The first kappa shape index (κ1) is 11.3. The fourth-order valence-corrected chi connectivity index (χ4v) is 1.73. The number of aromatic nitrogens is 3. The van der Waals surface area contributed by atoms with Crippen LogP contribution in [-0.2, 0) is 6.54 Å². The Labute approximate surface area is 101 Å². The van der Waals surface area contributed by atoms with E-state index in [1.54, 1.807) is 12.4 Å². The molecular formula is C13H14N4. The fourth-order valence-electron chi connectivity index (χ4n) is 1.73. The summed E-state index contributed by atoms with van der Waals surface area (Å²) in [5.74, 6) is 1.35. The molecule has 0 unspecified atom stereocenters. The summed E-state index contributed by atoms with van der Waals surface area (Å²) in [5.41, 5.74) is 1.57. The molecule has 0 saturated carbocycles. The summed E-state index contributed by atoms with van der Waals surface area (Å²) in [5, 5.41) is 16.9. The fraction of sp³-hybridized carbons (Fsp3) is 0.308. The molecule has 0 fully saturated rings. The van der Waals surface area contributed by atoms with Gasteiger partial charge >= 0.3 is 0 Å². The molecular weight excluding hydrogens is 212 g/mol. The highest BCUT2D eigenvalue weighted by molar-refractivity contribution is 5.57. The second-order valence-corrected chi connectivity index (χ2v) is 4.39. The number of hydrogen-bond donors (Lipinski definition) is 0. The highest BCUT2D eigenvalue weighted by Gasteiger charge is 2.08. The first-order valence-corrected chi connectivity index (χ1v) is 5.59. The third-order valence-corrected chi connectivity index (χ3v) is 2.43. The van der Waals surface area contributed by atoms with E-state index in [-0.39, 0.29) is 0 Å². The van der Waals surface area contributed by atoms with Crippen molar-refractivity contribution in [2.24, 2.45) is 5.92 Å². The lowest BCUT2D eigenvalue weighted by Gasteiger charge is -2.08. The number of hydrogen-bond acceptors (Lipinski definition) is 3. The van der Waals surface area contributed by atoms with Gasteiger partial charge in [-0.25, -0.2) is 0 Å². The van der Waals surface area contributed by atoms with E-state index in [1.807, 2.05) is 22.8 Å². The Morgan fingerprint density at radius 1 is 1.41 bits per heavy atom. The van der Waals surface area contributed by atoms with Gasteiger partial charge in [0.05, 0.1) is 11.6 Å². The van der Waals surface area contributed by atoms with E-state index in [4.69, 9.17) is 5.26 Å². The molecule has 86 valence electrons. The molecule has 0 atom stereocenters. The largest absolute Gasteiger partial charge is 0.313 e. The zero-order valence-corrected chi connectivity index (χ0v) is 9.96. The van der Waals surface area contributed by atoms with Gasteiger partial charge in [0.2, 0.25) is 0 Å². The van der Waals surface area contributed by atoms with Gasteiger partial charge in [0, 0.05) is 12.1 Å². The first-order valence-electron chi connectivity index (χ1n) is 5.59. The van der Waals surface area contributed by atoms with Crippen molar-refractivity contribution in [1.29, 1.82) is 5.26 Å². The van der Waals surface area contributed by atoms with Crippen molar-refractivity contribution >= 4 is 0 Å². The average Bonchev–Trinajstić information content (AvgIpc) is 2.76. The Kier molecular flexibility index (Phi) is 3.20. The maximum Gasteiger partial charge on any atom is 0.163 e.